The Morgan fingerprint density at radius 1 is 1.26 bits per heavy atom. The molecule has 0 fully saturated rings. The van der Waals surface area contributed by atoms with E-state index in [4.69, 9.17) is 0 Å². The Morgan fingerprint density at radius 3 is 2.21 bits per heavy atom. The van der Waals surface area contributed by atoms with Crippen molar-refractivity contribution in [3.05, 3.63) is 38.3 Å². The summed E-state index contributed by atoms with van der Waals surface area (Å²) in [7, 11) is 2.17. The van der Waals surface area contributed by atoms with Crippen molar-refractivity contribution >= 4 is 33.6 Å². The second-order valence-electron chi connectivity index (χ2n) is 3.44. The van der Waals surface area contributed by atoms with Gasteiger partial charge in [-0.25, -0.2) is 0 Å². The van der Waals surface area contributed by atoms with Crippen LogP contribution in [0, 0.1) is 10.1 Å². The largest absolute Gasteiger partial charge is 0.468 e. The Bertz CT molecular complexity index is 514. The van der Waals surface area contributed by atoms with Gasteiger partial charge in [0.05, 0.1) is 24.7 Å². The molecule has 8 heteroatoms. The van der Waals surface area contributed by atoms with Gasteiger partial charge < -0.3 is 9.47 Å². The Hall–Kier alpha value is -1.96. The van der Waals surface area contributed by atoms with Crippen LogP contribution in [0.4, 0.5) is 5.69 Å². The van der Waals surface area contributed by atoms with E-state index in [1.807, 2.05) is 0 Å². The Morgan fingerprint density at radius 2 is 1.79 bits per heavy atom. The number of rotatable bonds is 4. The average molecular weight is 332 g/mol. The second-order valence-corrected chi connectivity index (χ2v) is 4.36. The maximum Gasteiger partial charge on any atom is 0.324 e. The van der Waals surface area contributed by atoms with Crippen molar-refractivity contribution < 1.29 is 24.0 Å². The van der Waals surface area contributed by atoms with Crippen molar-refractivity contribution in [3.8, 4) is 0 Å². The van der Waals surface area contributed by atoms with E-state index in [0.717, 1.165) is 14.2 Å². The quantitative estimate of drug-likeness (QED) is 0.361. The number of methoxy groups -OCH3 is 2. The molecule has 0 atom stereocenters. The molecule has 0 spiro atoms. The molecular formula is C11H10BrNO6. The van der Waals surface area contributed by atoms with E-state index in [9.17, 15) is 19.7 Å². The van der Waals surface area contributed by atoms with Crippen molar-refractivity contribution in [2.45, 2.75) is 5.92 Å². The molecule has 102 valence electrons. The first-order chi connectivity index (χ1) is 8.92. The first kappa shape index (κ1) is 15.1. The van der Waals surface area contributed by atoms with Crippen molar-refractivity contribution in [2.24, 2.45) is 0 Å². The van der Waals surface area contributed by atoms with Crippen LogP contribution < -0.4 is 0 Å². The van der Waals surface area contributed by atoms with Crippen molar-refractivity contribution in [1.29, 1.82) is 0 Å². The van der Waals surface area contributed by atoms with Crippen LogP contribution in [0.3, 0.4) is 0 Å². The van der Waals surface area contributed by atoms with E-state index >= 15 is 0 Å². The van der Waals surface area contributed by atoms with Crippen LogP contribution in [-0.2, 0) is 19.1 Å². The van der Waals surface area contributed by atoms with Gasteiger partial charge in [-0.05, 0) is 12.1 Å². The van der Waals surface area contributed by atoms with Crippen LogP contribution >= 0.6 is 15.9 Å². The molecular weight excluding hydrogens is 322 g/mol. The zero-order chi connectivity index (χ0) is 14.6. The van der Waals surface area contributed by atoms with Crippen LogP contribution in [0.5, 0.6) is 0 Å². The van der Waals surface area contributed by atoms with Crippen LogP contribution in [0.15, 0.2) is 22.7 Å². The first-order valence-electron chi connectivity index (χ1n) is 5.01. The molecule has 0 aliphatic carbocycles. The maximum atomic E-state index is 11.6. The molecule has 1 aromatic carbocycles. The number of halogens is 1. The summed E-state index contributed by atoms with van der Waals surface area (Å²) in [6.07, 6.45) is 0. The number of carbonyl (C=O) groups is 2. The molecule has 1 rings (SSSR count). The van der Waals surface area contributed by atoms with Crippen molar-refractivity contribution in [3.63, 3.8) is 0 Å². The Kier molecular flexibility index (Phi) is 4.99. The number of nitro benzene ring substituents is 1. The summed E-state index contributed by atoms with van der Waals surface area (Å²) < 4.78 is 9.46. The highest BCUT2D eigenvalue weighted by Crippen LogP contribution is 2.31. The third-order valence-corrected chi connectivity index (χ3v) is 2.86. The molecule has 0 aromatic heterocycles. The SMILES string of the molecule is COC(=O)C(C(=O)OC)c1cc(Br)ccc1[N+](=O)[O-]. The zero-order valence-electron chi connectivity index (χ0n) is 10.1. The fourth-order valence-electron chi connectivity index (χ4n) is 1.51. The second kappa shape index (κ2) is 6.28. The Labute approximate surface area is 116 Å². The smallest absolute Gasteiger partial charge is 0.324 e. The molecule has 0 bridgehead atoms. The minimum atomic E-state index is -1.49. The van der Waals surface area contributed by atoms with E-state index < -0.39 is 22.8 Å². The van der Waals surface area contributed by atoms with Gasteiger partial charge in [-0.3, -0.25) is 19.7 Å². The lowest BCUT2D eigenvalue weighted by Crippen LogP contribution is -2.25. The van der Waals surface area contributed by atoms with E-state index in [0.29, 0.717) is 4.47 Å². The summed E-state index contributed by atoms with van der Waals surface area (Å²) in [5.41, 5.74) is -0.443. The van der Waals surface area contributed by atoms with Crippen LogP contribution in [-0.4, -0.2) is 31.1 Å². The van der Waals surface area contributed by atoms with Crippen LogP contribution in [0.1, 0.15) is 11.5 Å². The minimum Gasteiger partial charge on any atom is -0.468 e. The van der Waals surface area contributed by atoms with E-state index in [2.05, 4.69) is 25.4 Å². The number of esters is 2. The monoisotopic (exact) mass is 331 g/mol. The summed E-state index contributed by atoms with van der Waals surface area (Å²) in [5, 5.41) is 10.9. The number of nitrogens with zero attached hydrogens (tertiary/aromatic N) is 1. The number of hydrogen-bond acceptors (Lipinski definition) is 6. The molecule has 19 heavy (non-hydrogen) atoms. The summed E-state index contributed by atoms with van der Waals surface area (Å²) in [6.45, 7) is 0. The van der Waals surface area contributed by atoms with Crippen molar-refractivity contribution in [2.75, 3.05) is 14.2 Å². The third kappa shape index (κ3) is 3.28. The lowest BCUT2D eigenvalue weighted by atomic mass is 9.97. The van der Waals surface area contributed by atoms with Gasteiger partial charge in [0.25, 0.3) is 5.69 Å². The molecule has 0 aliphatic rings. The molecule has 0 saturated heterocycles. The number of ether oxygens (including phenoxy) is 2. The van der Waals surface area contributed by atoms with E-state index in [-0.39, 0.29) is 11.3 Å². The van der Waals surface area contributed by atoms with Crippen LogP contribution in [0.25, 0.3) is 0 Å². The molecule has 0 heterocycles. The van der Waals surface area contributed by atoms with Gasteiger partial charge in [-0.1, -0.05) is 15.9 Å². The normalized spacial score (nSPS) is 10.1. The predicted molar refractivity (Wildman–Crippen MR) is 67.6 cm³/mol. The lowest BCUT2D eigenvalue weighted by molar-refractivity contribution is -0.385. The minimum absolute atomic E-state index is 0.0851. The van der Waals surface area contributed by atoms with Gasteiger partial charge in [0, 0.05) is 10.5 Å². The first-order valence-corrected chi connectivity index (χ1v) is 5.81. The number of hydrogen-bond donors (Lipinski definition) is 0. The summed E-state index contributed by atoms with van der Waals surface area (Å²) in [5.74, 6) is -3.34. The molecule has 7 nitrogen and oxygen atoms in total. The van der Waals surface area contributed by atoms with Gasteiger partial charge in [-0.15, -0.1) is 0 Å². The Balaban J connectivity index is 3.44. The highest BCUT2D eigenvalue weighted by atomic mass is 79.9. The lowest BCUT2D eigenvalue weighted by Gasteiger charge is -2.13. The maximum absolute atomic E-state index is 11.6. The summed E-state index contributed by atoms with van der Waals surface area (Å²) in [6, 6.07) is 3.95. The molecule has 0 aliphatic heterocycles. The van der Waals surface area contributed by atoms with Crippen LogP contribution in [0.2, 0.25) is 0 Å². The summed E-state index contributed by atoms with van der Waals surface area (Å²) in [4.78, 5) is 33.5. The van der Waals surface area contributed by atoms with E-state index in [1.54, 1.807) is 0 Å². The van der Waals surface area contributed by atoms with Gasteiger partial charge in [0.1, 0.15) is 0 Å². The van der Waals surface area contributed by atoms with E-state index in [1.165, 1.54) is 18.2 Å². The van der Waals surface area contributed by atoms with Crippen molar-refractivity contribution in [1.82, 2.24) is 0 Å². The van der Waals surface area contributed by atoms with Gasteiger partial charge in [0.15, 0.2) is 5.92 Å². The highest BCUT2D eigenvalue weighted by molar-refractivity contribution is 9.10. The van der Waals surface area contributed by atoms with Gasteiger partial charge >= 0.3 is 11.9 Å². The third-order valence-electron chi connectivity index (χ3n) is 2.37. The molecule has 0 unspecified atom stereocenters. The molecule has 0 radical (unpaired) electrons. The fraction of sp³-hybridized carbons (Fsp3) is 0.273. The highest BCUT2D eigenvalue weighted by Gasteiger charge is 2.36. The average Bonchev–Trinajstić information content (AvgIpc) is 2.38. The molecule has 1 aromatic rings. The fourth-order valence-corrected chi connectivity index (χ4v) is 1.89. The number of nitro groups is 1. The molecule has 0 saturated carbocycles. The topological polar surface area (TPSA) is 95.7 Å². The summed E-state index contributed by atoms with van der Waals surface area (Å²) >= 11 is 3.13. The zero-order valence-corrected chi connectivity index (χ0v) is 11.7. The standard InChI is InChI=1S/C11H10BrNO6/c1-18-10(14)9(11(15)19-2)7-5-6(12)3-4-8(7)13(16)17/h3-5,9H,1-2H3. The predicted octanol–water partition coefficient (Wildman–Crippen LogP) is 1.79. The number of carbonyl (C=O) groups excluding carboxylic acids is 2. The molecule has 0 amide bonds. The molecule has 0 N–H and O–H groups in total. The van der Waals surface area contributed by atoms with Gasteiger partial charge in [-0.2, -0.15) is 0 Å². The number of benzene rings is 1. The van der Waals surface area contributed by atoms with Gasteiger partial charge in [0.2, 0.25) is 0 Å².